The molecule has 1 unspecified atom stereocenters. The molecule has 5 nitrogen and oxygen atoms in total. The zero-order valence-corrected chi connectivity index (χ0v) is 16.8. The van der Waals surface area contributed by atoms with Gasteiger partial charge in [0, 0.05) is 37.9 Å². The van der Waals surface area contributed by atoms with Crippen molar-refractivity contribution in [2.45, 2.75) is 44.4 Å². The van der Waals surface area contributed by atoms with Crippen LogP contribution >= 0.6 is 11.6 Å². The molecular formula is C21H29ClN2O3. The lowest BCUT2D eigenvalue weighted by Crippen LogP contribution is -2.54. The van der Waals surface area contributed by atoms with E-state index in [0.29, 0.717) is 50.7 Å². The number of carbonyl (C=O) groups excluding carboxylic acids is 2. The number of hydrogen-bond donors (Lipinski definition) is 1. The van der Waals surface area contributed by atoms with Gasteiger partial charge in [0.1, 0.15) is 0 Å². The molecule has 148 valence electrons. The molecule has 2 aliphatic heterocycles. The number of hydrogen-bond acceptors (Lipinski definition) is 3. The summed E-state index contributed by atoms with van der Waals surface area (Å²) >= 11 is 6.22. The lowest BCUT2D eigenvalue weighted by Gasteiger charge is -2.42. The quantitative estimate of drug-likeness (QED) is 0.837. The number of ether oxygens (including phenoxy) is 1. The molecule has 1 aromatic rings. The second-order valence-electron chi connectivity index (χ2n) is 7.59. The van der Waals surface area contributed by atoms with E-state index < -0.39 is 5.41 Å². The van der Waals surface area contributed by atoms with Crippen LogP contribution in [0.1, 0.15) is 44.6 Å². The van der Waals surface area contributed by atoms with Crippen LogP contribution in [0.4, 0.5) is 0 Å². The van der Waals surface area contributed by atoms with E-state index in [-0.39, 0.29) is 17.7 Å². The van der Waals surface area contributed by atoms with Gasteiger partial charge in [0.05, 0.1) is 11.3 Å². The maximum Gasteiger partial charge on any atom is 0.233 e. The highest BCUT2D eigenvalue weighted by atomic mass is 35.5. The molecule has 27 heavy (non-hydrogen) atoms. The normalized spacial score (nSPS) is 22.3. The number of nitrogens with one attached hydrogen (secondary N) is 1. The minimum Gasteiger partial charge on any atom is -0.381 e. The minimum atomic E-state index is -0.606. The average Bonchev–Trinajstić information content (AvgIpc) is 2.72. The summed E-state index contributed by atoms with van der Waals surface area (Å²) in [5.41, 5.74) is 0.353. The molecule has 2 saturated heterocycles. The summed E-state index contributed by atoms with van der Waals surface area (Å²) in [6, 6.07) is 7.63. The van der Waals surface area contributed by atoms with Crippen LogP contribution in [0, 0.1) is 5.92 Å². The number of likely N-dealkylation sites (tertiary alicyclic amines) is 1. The summed E-state index contributed by atoms with van der Waals surface area (Å²) in [7, 11) is 0. The largest absolute Gasteiger partial charge is 0.381 e. The number of benzene rings is 1. The van der Waals surface area contributed by atoms with Crippen molar-refractivity contribution in [3.63, 3.8) is 0 Å². The maximum absolute atomic E-state index is 13.7. The molecule has 2 fully saturated rings. The Kier molecular flexibility index (Phi) is 6.77. The molecular weight excluding hydrogens is 364 g/mol. The summed E-state index contributed by atoms with van der Waals surface area (Å²) in [6.45, 7) is 5.06. The van der Waals surface area contributed by atoms with E-state index in [1.165, 1.54) is 0 Å². The van der Waals surface area contributed by atoms with E-state index in [1.807, 2.05) is 36.1 Å². The van der Waals surface area contributed by atoms with Crippen molar-refractivity contribution < 1.29 is 14.3 Å². The van der Waals surface area contributed by atoms with Gasteiger partial charge < -0.3 is 15.0 Å². The first-order valence-electron chi connectivity index (χ1n) is 9.97. The van der Waals surface area contributed by atoms with Crippen molar-refractivity contribution >= 4 is 23.4 Å². The lowest BCUT2D eigenvalue weighted by atomic mass is 9.72. The summed E-state index contributed by atoms with van der Waals surface area (Å²) in [4.78, 5) is 28.0. The van der Waals surface area contributed by atoms with Crippen LogP contribution in [-0.4, -0.2) is 49.6 Å². The third kappa shape index (κ3) is 4.46. The summed E-state index contributed by atoms with van der Waals surface area (Å²) in [5.74, 6) is 0.0599. The van der Waals surface area contributed by atoms with Gasteiger partial charge in [0.15, 0.2) is 0 Å². The van der Waals surface area contributed by atoms with Crippen LogP contribution in [0.2, 0.25) is 5.02 Å². The fourth-order valence-corrected chi connectivity index (χ4v) is 4.39. The lowest BCUT2D eigenvalue weighted by molar-refractivity contribution is -0.144. The molecule has 0 spiro atoms. The highest BCUT2D eigenvalue weighted by molar-refractivity contribution is 6.30. The van der Waals surface area contributed by atoms with E-state index in [2.05, 4.69) is 5.32 Å². The van der Waals surface area contributed by atoms with Gasteiger partial charge in [-0.05, 0) is 49.8 Å². The topological polar surface area (TPSA) is 58.6 Å². The molecule has 0 bridgehead atoms. The van der Waals surface area contributed by atoms with Gasteiger partial charge in [-0.1, -0.05) is 30.7 Å². The Balaban J connectivity index is 1.81. The Morgan fingerprint density at radius 2 is 2.11 bits per heavy atom. The van der Waals surface area contributed by atoms with Crippen LogP contribution in [0.25, 0.3) is 0 Å². The Morgan fingerprint density at radius 1 is 1.33 bits per heavy atom. The summed E-state index contributed by atoms with van der Waals surface area (Å²) in [5, 5.41) is 3.62. The van der Waals surface area contributed by atoms with Gasteiger partial charge in [-0.3, -0.25) is 9.59 Å². The van der Waals surface area contributed by atoms with Crippen molar-refractivity contribution in [1.82, 2.24) is 10.2 Å². The third-order valence-electron chi connectivity index (χ3n) is 5.76. The second kappa shape index (κ2) is 9.07. The van der Waals surface area contributed by atoms with Crippen LogP contribution in [0.3, 0.4) is 0 Å². The first-order valence-corrected chi connectivity index (χ1v) is 10.4. The van der Waals surface area contributed by atoms with E-state index in [0.717, 1.165) is 24.8 Å². The average molecular weight is 393 g/mol. The van der Waals surface area contributed by atoms with Crippen LogP contribution in [0.15, 0.2) is 24.3 Å². The standard InChI is InChI=1S/C21H29ClN2O3/c1-2-10-23-19(25)16-5-4-11-24(15-16)20(26)21(8-12-27-13-9-21)17-6-3-7-18(22)14-17/h3,6-7,14,16H,2,4-5,8-13,15H2,1H3,(H,23,25). The Labute approximate surface area is 166 Å². The van der Waals surface area contributed by atoms with E-state index in [1.54, 1.807) is 0 Å². The van der Waals surface area contributed by atoms with Crippen LogP contribution < -0.4 is 5.32 Å². The second-order valence-corrected chi connectivity index (χ2v) is 8.02. The van der Waals surface area contributed by atoms with Gasteiger partial charge in [-0.15, -0.1) is 0 Å². The Morgan fingerprint density at radius 3 is 2.81 bits per heavy atom. The summed E-state index contributed by atoms with van der Waals surface area (Å²) in [6.07, 6.45) is 3.91. The molecule has 0 aromatic heterocycles. The SMILES string of the molecule is CCCNC(=O)C1CCCN(C(=O)C2(c3cccc(Cl)c3)CCOCC2)C1. The molecule has 2 aliphatic rings. The Hall–Kier alpha value is -1.59. The summed E-state index contributed by atoms with van der Waals surface area (Å²) < 4.78 is 5.55. The number of nitrogens with zero attached hydrogens (tertiary/aromatic N) is 1. The zero-order chi connectivity index (χ0) is 19.3. The fraction of sp³-hybridized carbons (Fsp3) is 0.619. The zero-order valence-electron chi connectivity index (χ0n) is 16.0. The number of halogens is 1. The molecule has 1 aromatic carbocycles. The van der Waals surface area contributed by atoms with Crippen molar-refractivity contribution in [1.29, 1.82) is 0 Å². The highest BCUT2D eigenvalue weighted by Crippen LogP contribution is 2.38. The van der Waals surface area contributed by atoms with E-state index in [9.17, 15) is 9.59 Å². The number of rotatable bonds is 5. The Bertz CT molecular complexity index is 673. The number of amides is 2. The van der Waals surface area contributed by atoms with Crippen molar-refractivity contribution in [3.8, 4) is 0 Å². The van der Waals surface area contributed by atoms with Gasteiger partial charge in [0.25, 0.3) is 0 Å². The molecule has 2 amide bonds. The molecule has 6 heteroatoms. The van der Waals surface area contributed by atoms with Gasteiger partial charge >= 0.3 is 0 Å². The molecule has 3 rings (SSSR count). The third-order valence-corrected chi connectivity index (χ3v) is 6.00. The van der Waals surface area contributed by atoms with Crippen molar-refractivity contribution in [3.05, 3.63) is 34.9 Å². The minimum absolute atomic E-state index is 0.0677. The van der Waals surface area contributed by atoms with Gasteiger partial charge in [-0.25, -0.2) is 0 Å². The molecule has 1 atom stereocenters. The smallest absolute Gasteiger partial charge is 0.233 e. The molecule has 0 aliphatic carbocycles. The predicted octanol–water partition coefficient (Wildman–Crippen LogP) is 3.15. The highest BCUT2D eigenvalue weighted by Gasteiger charge is 2.45. The molecule has 0 saturated carbocycles. The van der Waals surface area contributed by atoms with Crippen LogP contribution in [-0.2, 0) is 19.7 Å². The predicted molar refractivity (Wildman–Crippen MR) is 106 cm³/mol. The van der Waals surface area contributed by atoms with Crippen LogP contribution in [0.5, 0.6) is 0 Å². The maximum atomic E-state index is 13.7. The number of piperidine rings is 1. The number of carbonyl (C=O) groups is 2. The van der Waals surface area contributed by atoms with Crippen molar-refractivity contribution in [2.75, 3.05) is 32.8 Å². The monoisotopic (exact) mass is 392 g/mol. The first-order chi connectivity index (χ1) is 13.1. The molecule has 2 heterocycles. The molecule has 0 radical (unpaired) electrons. The van der Waals surface area contributed by atoms with E-state index in [4.69, 9.17) is 16.3 Å². The fourth-order valence-electron chi connectivity index (χ4n) is 4.20. The molecule has 1 N–H and O–H groups in total. The first kappa shape index (κ1) is 20.2. The van der Waals surface area contributed by atoms with Crippen molar-refractivity contribution in [2.24, 2.45) is 5.92 Å². The van der Waals surface area contributed by atoms with Gasteiger partial charge in [-0.2, -0.15) is 0 Å². The van der Waals surface area contributed by atoms with Gasteiger partial charge in [0.2, 0.25) is 11.8 Å². The van der Waals surface area contributed by atoms with E-state index >= 15 is 0 Å².